The third kappa shape index (κ3) is 3.08. The maximum Gasteiger partial charge on any atom is 0.313 e. The normalized spacial score (nSPS) is 16.4. The second kappa shape index (κ2) is 6.38. The fraction of sp³-hybridized carbons (Fsp3) is 0.533. The van der Waals surface area contributed by atoms with E-state index in [0.717, 1.165) is 25.7 Å². The van der Waals surface area contributed by atoms with E-state index in [9.17, 15) is 4.79 Å². The van der Waals surface area contributed by atoms with Crippen LogP contribution in [0.1, 0.15) is 38.2 Å². The van der Waals surface area contributed by atoms with Crippen LogP contribution in [0.5, 0.6) is 0 Å². The molecule has 0 aliphatic heterocycles. The summed E-state index contributed by atoms with van der Waals surface area (Å²) in [4.78, 5) is 16.3. The number of aromatic nitrogens is 1. The molecule has 1 aromatic heterocycles. The SMILES string of the molecule is CCOC(=O)C1(CNc2ccc(C#N)cn2)CCCC1. The first kappa shape index (κ1) is 14.3. The van der Waals surface area contributed by atoms with E-state index in [2.05, 4.69) is 10.3 Å². The van der Waals surface area contributed by atoms with Gasteiger partial charge in [-0.1, -0.05) is 12.8 Å². The van der Waals surface area contributed by atoms with E-state index in [1.165, 1.54) is 6.20 Å². The summed E-state index contributed by atoms with van der Waals surface area (Å²) in [6.45, 7) is 2.77. The number of esters is 1. The standard InChI is InChI=1S/C15H19N3O2/c1-2-20-14(19)15(7-3-4-8-15)11-18-13-6-5-12(9-16)10-17-13/h5-6,10H,2-4,7-8,11H2,1H3,(H,17,18). The van der Waals surface area contributed by atoms with Gasteiger partial charge in [-0.2, -0.15) is 5.26 Å². The minimum absolute atomic E-state index is 0.112. The number of rotatable bonds is 5. The zero-order valence-corrected chi connectivity index (χ0v) is 11.7. The van der Waals surface area contributed by atoms with Crippen LogP contribution < -0.4 is 5.32 Å². The van der Waals surface area contributed by atoms with Gasteiger partial charge in [-0.15, -0.1) is 0 Å². The molecule has 1 fully saturated rings. The highest BCUT2D eigenvalue weighted by molar-refractivity contribution is 5.78. The number of nitrogens with one attached hydrogen (secondary N) is 1. The van der Waals surface area contributed by atoms with Gasteiger partial charge >= 0.3 is 5.97 Å². The van der Waals surface area contributed by atoms with E-state index in [4.69, 9.17) is 10.00 Å². The average Bonchev–Trinajstić information content (AvgIpc) is 2.96. The lowest BCUT2D eigenvalue weighted by atomic mass is 9.86. The van der Waals surface area contributed by atoms with Gasteiger partial charge in [-0.3, -0.25) is 4.79 Å². The molecule has 0 bridgehead atoms. The summed E-state index contributed by atoms with van der Waals surface area (Å²) in [7, 11) is 0. The van der Waals surface area contributed by atoms with Crippen LogP contribution in [-0.4, -0.2) is 24.1 Å². The van der Waals surface area contributed by atoms with Gasteiger partial charge in [0.2, 0.25) is 0 Å². The molecule has 0 unspecified atom stereocenters. The number of nitrogens with zero attached hydrogens (tertiary/aromatic N) is 2. The second-order valence-electron chi connectivity index (χ2n) is 5.11. The fourth-order valence-corrected chi connectivity index (χ4v) is 2.61. The Bertz CT molecular complexity index is 499. The Balaban J connectivity index is 2.02. The van der Waals surface area contributed by atoms with Gasteiger partial charge in [0.1, 0.15) is 11.9 Å². The molecule has 1 aliphatic carbocycles. The Morgan fingerprint density at radius 1 is 1.50 bits per heavy atom. The molecule has 5 heteroatoms. The number of carbonyl (C=O) groups excluding carboxylic acids is 1. The molecule has 1 N–H and O–H groups in total. The number of carbonyl (C=O) groups is 1. The molecule has 1 aromatic rings. The Morgan fingerprint density at radius 3 is 2.80 bits per heavy atom. The van der Waals surface area contributed by atoms with Crippen LogP contribution in [0.3, 0.4) is 0 Å². The van der Waals surface area contributed by atoms with Gasteiger partial charge in [0.05, 0.1) is 17.6 Å². The quantitative estimate of drug-likeness (QED) is 0.834. The summed E-state index contributed by atoms with van der Waals surface area (Å²) in [6, 6.07) is 5.50. The van der Waals surface area contributed by atoms with Gasteiger partial charge in [-0.25, -0.2) is 4.98 Å². The summed E-state index contributed by atoms with van der Waals surface area (Å²) < 4.78 is 5.21. The largest absolute Gasteiger partial charge is 0.466 e. The summed E-state index contributed by atoms with van der Waals surface area (Å²) >= 11 is 0. The number of nitriles is 1. The monoisotopic (exact) mass is 273 g/mol. The van der Waals surface area contributed by atoms with Gasteiger partial charge < -0.3 is 10.1 Å². The Labute approximate surface area is 119 Å². The number of pyridine rings is 1. The number of ether oxygens (including phenoxy) is 1. The molecule has 0 amide bonds. The first-order valence-electron chi connectivity index (χ1n) is 6.97. The van der Waals surface area contributed by atoms with Gasteiger partial charge in [0.15, 0.2) is 0 Å². The fourth-order valence-electron chi connectivity index (χ4n) is 2.61. The molecule has 0 radical (unpaired) electrons. The molecule has 106 valence electrons. The third-order valence-electron chi connectivity index (χ3n) is 3.77. The molecule has 0 aromatic carbocycles. The first-order valence-corrected chi connectivity index (χ1v) is 6.97. The van der Waals surface area contributed by atoms with Crippen molar-refractivity contribution in [2.45, 2.75) is 32.6 Å². The molecule has 0 spiro atoms. The van der Waals surface area contributed by atoms with E-state index in [1.807, 2.05) is 13.0 Å². The van der Waals surface area contributed by atoms with Crippen LogP contribution in [0.15, 0.2) is 18.3 Å². The van der Waals surface area contributed by atoms with Gasteiger partial charge in [-0.05, 0) is 31.9 Å². The average molecular weight is 273 g/mol. The second-order valence-corrected chi connectivity index (χ2v) is 5.11. The van der Waals surface area contributed by atoms with E-state index in [0.29, 0.717) is 24.5 Å². The zero-order chi connectivity index (χ0) is 14.4. The van der Waals surface area contributed by atoms with Crippen molar-refractivity contribution in [2.24, 2.45) is 5.41 Å². The molecule has 5 nitrogen and oxygen atoms in total. The molecular formula is C15H19N3O2. The summed E-state index contributed by atoms with van der Waals surface area (Å²) in [5.41, 5.74) is 0.0995. The van der Waals surface area contributed by atoms with Crippen molar-refractivity contribution in [3.05, 3.63) is 23.9 Å². The molecule has 0 atom stereocenters. The first-order chi connectivity index (χ1) is 9.70. The highest BCUT2D eigenvalue weighted by atomic mass is 16.5. The third-order valence-corrected chi connectivity index (χ3v) is 3.77. The van der Waals surface area contributed by atoms with Crippen molar-refractivity contribution in [2.75, 3.05) is 18.5 Å². The summed E-state index contributed by atoms with van der Waals surface area (Å²) in [6.07, 6.45) is 5.35. The van der Waals surface area contributed by atoms with Gasteiger partial charge in [0, 0.05) is 12.7 Å². The Kier molecular flexibility index (Phi) is 4.57. The van der Waals surface area contributed by atoms with Crippen LogP contribution in [0, 0.1) is 16.7 Å². The van der Waals surface area contributed by atoms with Crippen molar-refractivity contribution >= 4 is 11.8 Å². The maximum absolute atomic E-state index is 12.2. The number of hydrogen-bond donors (Lipinski definition) is 1. The molecule has 2 rings (SSSR count). The highest BCUT2D eigenvalue weighted by Crippen LogP contribution is 2.39. The van der Waals surface area contributed by atoms with Crippen molar-refractivity contribution in [1.82, 2.24) is 4.98 Å². The minimum Gasteiger partial charge on any atom is -0.466 e. The minimum atomic E-state index is -0.425. The lowest BCUT2D eigenvalue weighted by Crippen LogP contribution is -2.37. The van der Waals surface area contributed by atoms with E-state index in [-0.39, 0.29) is 5.97 Å². The zero-order valence-electron chi connectivity index (χ0n) is 11.7. The van der Waals surface area contributed by atoms with Crippen LogP contribution in [0.2, 0.25) is 0 Å². The van der Waals surface area contributed by atoms with Crippen LogP contribution in [0.4, 0.5) is 5.82 Å². The topological polar surface area (TPSA) is 75.0 Å². The summed E-state index contributed by atoms with van der Waals surface area (Å²) in [5, 5.41) is 11.9. The Hall–Kier alpha value is -2.09. The van der Waals surface area contributed by atoms with Crippen molar-refractivity contribution in [3.63, 3.8) is 0 Å². The maximum atomic E-state index is 12.2. The van der Waals surface area contributed by atoms with Crippen LogP contribution in [0.25, 0.3) is 0 Å². The lowest BCUT2D eigenvalue weighted by Gasteiger charge is -2.26. The van der Waals surface area contributed by atoms with E-state index < -0.39 is 5.41 Å². The van der Waals surface area contributed by atoms with Crippen LogP contribution in [-0.2, 0) is 9.53 Å². The molecule has 1 heterocycles. The van der Waals surface area contributed by atoms with Crippen molar-refractivity contribution in [1.29, 1.82) is 5.26 Å². The molecule has 20 heavy (non-hydrogen) atoms. The lowest BCUT2D eigenvalue weighted by molar-refractivity contribution is -0.154. The van der Waals surface area contributed by atoms with Crippen molar-refractivity contribution < 1.29 is 9.53 Å². The van der Waals surface area contributed by atoms with Crippen LogP contribution >= 0.6 is 0 Å². The predicted octanol–water partition coefficient (Wildman–Crippen LogP) is 2.49. The molecular weight excluding hydrogens is 254 g/mol. The summed E-state index contributed by atoms with van der Waals surface area (Å²) in [5.74, 6) is 0.568. The highest BCUT2D eigenvalue weighted by Gasteiger charge is 2.42. The smallest absolute Gasteiger partial charge is 0.313 e. The predicted molar refractivity (Wildman–Crippen MR) is 75.0 cm³/mol. The molecule has 1 aliphatic rings. The Morgan fingerprint density at radius 2 is 2.25 bits per heavy atom. The van der Waals surface area contributed by atoms with Gasteiger partial charge in [0.25, 0.3) is 0 Å². The number of hydrogen-bond acceptors (Lipinski definition) is 5. The van der Waals surface area contributed by atoms with E-state index >= 15 is 0 Å². The van der Waals surface area contributed by atoms with Crippen molar-refractivity contribution in [3.8, 4) is 6.07 Å². The molecule has 1 saturated carbocycles. The molecule has 0 saturated heterocycles. The van der Waals surface area contributed by atoms with E-state index in [1.54, 1.807) is 12.1 Å². The number of anilines is 1.